The summed E-state index contributed by atoms with van der Waals surface area (Å²) in [7, 11) is 1.83. The van der Waals surface area contributed by atoms with Crippen molar-refractivity contribution >= 4 is 11.5 Å². The van der Waals surface area contributed by atoms with E-state index in [1.54, 1.807) is 4.63 Å². The van der Waals surface area contributed by atoms with Gasteiger partial charge in [-0.1, -0.05) is 0 Å². The van der Waals surface area contributed by atoms with Crippen LogP contribution >= 0.6 is 0 Å². The van der Waals surface area contributed by atoms with Crippen molar-refractivity contribution in [3.05, 3.63) is 11.9 Å². The van der Waals surface area contributed by atoms with Crippen molar-refractivity contribution in [2.45, 2.75) is 6.92 Å². The summed E-state index contributed by atoms with van der Waals surface area (Å²) < 4.78 is 1.64. The van der Waals surface area contributed by atoms with Crippen LogP contribution in [0.1, 0.15) is 5.82 Å². The van der Waals surface area contributed by atoms with E-state index in [0.717, 1.165) is 17.3 Å². The molecule has 2 rings (SSSR count). The quantitative estimate of drug-likeness (QED) is 0.620. The molecule has 0 aromatic carbocycles. The molecule has 0 radical (unpaired) electrons. The van der Waals surface area contributed by atoms with Gasteiger partial charge in [0.1, 0.15) is 5.82 Å². The maximum atomic E-state index is 4.19. The van der Waals surface area contributed by atoms with E-state index in [1.165, 1.54) is 0 Å². The predicted molar refractivity (Wildman–Crippen MR) is 41.6 cm³/mol. The molecule has 0 atom stereocenters. The molecule has 0 aliphatic rings. The summed E-state index contributed by atoms with van der Waals surface area (Å²) in [5.41, 5.74) is 0.840. The van der Waals surface area contributed by atoms with Gasteiger partial charge in [-0.25, -0.2) is 4.98 Å². The highest BCUT2D eigenvalue weighted by Gasteiger charge is 2.01. The zero-order chi connectivity index (χ0) is 7.84. The lowest BCUT2D eigenvalue weighted by molar-refractivity contribution is 0.809. The molecule has 0 spiro atoms. The fourth-order valence-electron chi connectivity index (χ4n) is 1.01. The van der Waals surface area contributed by atoms with Crippen LogP contribution < -0.4 is 5.32 Å². The normalized spacial score (nSPS) is 10.7. The van der Waals surface area contributed by atoms with Gasteiger partial charge in [0.15, 0.2) is 11.5 Å². The maximum Gasteiger partial charge on any atom is 0.177 e. The Balaban J connectivity index is 2.64. The predicted octanol–water partition coefficient (Wildman–Crippen LogP) is 0.408. The van der Waals surface area contributed by atoms with Crippen molar-refractivity contribution in [1.29, 1.82) is 0 Å². The fraction of sp³-hybridized carbons (Fsp3) is 0.333. The summed E-state index contributed by atoms with van der Waals surface area (Å²) in [6, 6.07) is 1.88. The number of rotatable bonds is 1. The Morgan fingerprint density at radius 3 is 3.09 bits per heavy atom. The van der Waals surface area contributed by atoms with Crippen molar-refractivity contribution in [2.24, 2.45) is 0 Å². The molecule has 2 aromatic rings. The molecule has 2 heterocycles. The number of aromatic amines is 1. The van der Waals surface area contributed by atoms with Gasteiger partial charge < -0.3 is 5.32 Å². The molecular formula is C6H9N5. The molecule has 0 aliphatic carbocycles. The minimum absolute atomic E-state index is 0.823. The molecule has 0 fully saturated rings. The molecule has 0 saturated carbocycles. The Labute approximate surface area is 63.4 Å². The van der Waals surface area contributed by atoms with Gasteiger partial charge in [0, 0.05) is 13.1 Å². The van der Waals surface area contributed by atoms with Gasteiger partial charge in [-0.3, -0.25) is 5.10 Å². The van der Waals surface area contributed by atoms with Crippen LogP contribution in [0, 0.1) is 6.92 Å². The SMILES string of the molecule is CNc1cc2nc(C)[nH]n2n1. The highest BCUT2D eigenvalue weighted by Crippen LogP contribution is 2.06. The average molecular weight is 151 g/mol. The summed E-state index contributed by atoms with van der Waals surface area (Å²) in [4.78, 5) is 4.19. The summed E-state index contributed by atoms with van der Waals surface area (Å²) in [6.45, 7) is 1.90. The zero-order valence-electron chi connectivity index (χ0n) is 6.42. The van der Waals surface area contributed by atoms with Gasteiger partial charge in [-0.15, -0.1) is 5.10 Å². The minimum atomic E-state index is 0.823. The molecule has 58 valence electrons. The van der Waals surface area contributed by atoms with Gasteiger partial charge in [0.05, 0.1) is 0 Å². The van der Waals surface area contributed by atoms with E-state index in [1.807, 2.05) is 20.0 Å². The number of anilines is 1. The summed E-state index contributed by atoms with van der Waals surface area (Å²) >= 11 is 0. The lowest BCUT2D eigenvalue weighted by Gasteiger charge is -1.86. The molecule has 11 heavy (non-hydrogen) atoms. The first-order chi connectivity index (χ1) is 5.29. The number of hydrogen-bond donors (Lipinski definition) is 2. The Hall–Kier alpha value is -1.52. The molecule has 0 unspecified atom stereocenters. The third kappa shape index (κ3) is 0.849. The molecule has 0 bridgehead atoms. The minimum Gasteiger partial charge on any atom is -0.372 e. The largest absolute Gasteiger partial charge is 0.372 e. The van der Waals surface area contributed by atoms with Crippen molar-refractivity contribution in [2.75, 3.05) is 12.4 Å². The van der Waals surface area contributed by atoms with Crippen LogP contribution in [0.5, 0.6) is 0 Å². The van der Waals surface area contributed by atoms with E-state index in [2.05, 4.69) is 20.5 Å². The number of hydrogen-bond acceptors (Lipinski definition) is 3. The first kappa shape index (κ1) is 6.21. The second-order valence-corrected chi connectivity index (χ2v) is 2.36. The average Bonchev–Trinajstić information content (AvgIpc) is 2.43. The molecule has 5 nitrogen and oxygen atoms in total. The Morgan fingerprint density at radius 2 is 2.45 bits per heavy atom. The van der Waals surface area contributed by atoms with E-state index in [0.29, 0.717) is 0 Å². The topological polar surface area (TPSA) is 58.0 Å². The van der Waals surface area contributed by atoms with Crippen LogP contribution in [0.15, 0.2) is 6.07 Å². The van der Waals surface area contributed by atoms with E-state index >= 15 is 0 Å². The highest BCUT2D eigenvalue weighted by atomic mass is 15.5. The van der Waals surface area contributed by atoms with Crippen molar-refractivity contribution in [3.63, 3.8) is 0 Å². The first-order valence-electron chi connectivity index (χ1n) is 3.40. The molecule has 2 N–H and O–H groups in total. The molecular weight excluding hydrogens is 142 g/mol. The van der Waals surface area contributed by atoms with E-state index in [4.69, 9.17) is 0 Å². The molecule has 0 saturated heterocycles. The van der Waals surface area contributed by atoms with Gasteiger partial charge in [-0.05, 0) is 6.92 Å². The van der Waals surface area contributed by atoms with Crippen LogP contribution in [0.4, 0.5) is 5.82 Å². The highest BCUT2D eigenvalue weighted by molar-refractivity contribution is 5.49. The first-order valence-corrected chi connectivity index (χ1v) is 3.40. The summed E-state index contributed by atoms with van der Waals surface area (Å²) in [5, 5.41) is 10.0. The zero-order valence-corrected chi connectivity index (χ0v) is 6.42. The Bertz CT molecular complexity index is 340. The van der Waals surface area contributed by atoms with Crippen molar-refractivity contribution in [3.8, 4) is 0 Å². The lowest BCUT2D eigenvalue weighted by Crippen LogP contribution is -1.91. The number of nitrogens with one attached hydrogen (secondary N) is 2. The fourth-order valence-corrected chi connectivity index (χ4v) is 1.01. The van der Waals surface area contributed by atoms with Crippen molar-refractivity contribution in [1.82, 2.24) is 19.8 Å². The standard InChI is InChI=1S/C6H9N5/c1-4-8-6-3-5(7-2)10-11(6)9-4/h3H,1-2H3,(H,7,10)(H,8,9). The number of aryl methyl sites for hydroxylation is 1. The maximum absolute atomic E-state index is 4.19. The van der Waals surface area contributed by atoms with Gasteiger partial charge in [0.2, 0.25) is 0 Å². The third-order valence-corrected chi connectivity index (χ3v) is 1.50. The van der Waals surface area contributed by atoms with Crippen LogP contribution in [-0.2, 0) is 0 Å². The lowest BCUT2D eigenvalue weighted by atomic mass is 10.6. The van der Waals surface area contributed by atoms with E-state index < -0.39 is 0 Å². The van der Waals surface area contributed by atoms with Crippen LogP contribution in [0.25, 0.3) is 5.65 Å². The van der Waals surface area contributed by atoms with Crippen molar-refractivity contribution < 1.29 is 0 Å². The smallest absolute Gasteiger partial charge is 0.177 e. The molecule has 0 amide bonds. The second kappa shape index (κ2) is 1.98. The summed E-state index contributed by atoms with van der Waals surface area (Å²) in [5.74, 6) is 1.69. The molecule has 2 aromatic heterocycles. The molecule has 5 heteroatoms. The number of H-pyrrole nitrogens is 1. The number of aromatic nitrogens is 4. The summed E-state index contributed by atoms with van der Waals surface area (Å²) in [6.07, 6.45) is 0. The van der Waals surface area contributed by atoms with Crippen LogP contribution in [0.3, 0.4) is 0 Å². The van der Waals surface area contributed by atoms with Crippen LogP contribution in [0.2, 0.25) is 0 Å². The second-order valence-electron chi connectivity index (χ2n) is 2.36. The monoisotopic (exact) mass is 151 g/mol. The molecule has 0 aliphatic heterocycles. The van der Waals surface area contributed by atoms with Crippen LogP contribution in [-0.4, -0.2) is 26.9 Å². The Kier molecular flexibility index (Phi) is 1.12. The number of nitrogens with zero attached hydrogens (tertiary/aromatic N) is 3. The van der Waals surface area contributed by atoms with Gasteiger partial charge in [-0.2, -0.15) is 4.63 Å². The number of fused-ring (bicyclic) bond motifs is 1. The van der Waals surface area contributed by atoms with Gasteiger partial charge in [0.25, 0.3) is 0 Å². The Morgan fingerprint density at radius 1 is 1.64 bits per heavy atom. The van der Waals surface area contributed by atoms with E-state index in [9.17, 15) is 0 Å². The van der Waals surface area contributed by atoms with E-state index in [-0.39, 0.29) is 0 Å². The van der Waals surface area contributed by atoms with Gasteiger partial charge >= 0.3 is 0 Å². The third-order valence-electron chi connectivity index (χ3n) is 1.50.